The van der Waals surface area contributed by atoms with Crippen LogP contribution in [0.15, 0.2) is 84.9 Å². The second kappa shape index (κ2) is 20.3. The minimum absolute atomic E-state index is 0.148. The number of thioether (sulfide) groups is 1. The first-order valence-electron chi connectivity index (χ1n) is 18.1. The predicted molar refractivity (Wildman–Crippen MR) is 211 cm³/mol. The third-order valence-electron chi connectivity index (χ3n) is 7.95. The smallest absolute Gasteiger partial charge is 0.407 e. The van der Waals surface area contributed by atoms with E-state index in [0.717, 1.165) is 22.4 Å². The standard InChI is InChI=1S/C42H59N3O6S/c1-29(2)24-36(39(47)50-41(3,4)5)44-38(46)35(26-31-18-14-11-15-19-31)43-27-37(52-28-32-20-22-33(49-9)23-21-32)34(25-30-16-12-10-13-17-30)45-40(48)51-42(6,7)8/h10-23,29,34-37,43H,24-28H2,1-9H3,(H,44,46)(H,45,48)/t34-,35-,36-,37?/m0/s1. The second-order valence-corrected chi connectivity index (χ2v) is 16.7. The molecule has 52 heavy (non-hydrogen) atoms. The van der Waals surface area contributed by atoms with Crippen LogP contribution in [0.2, 0.25) is 0 Å². The van der Waals surface area contributed by atoms with Crippen LogP contribution < -0.4 is 20.7 Å². The maximum absolute atomic E-state index is 14.2. The molecule has 1 unspecified atom stereocenters. The molecule has 0 heterocycles. The number of nitrogens with one attached hydrogen (secondary N) is 3. The van der Waals surface area contributed by atoms with Crippen LogP contribution in [0.1, 0.15) is 78.5 Å². The van der Waals surface area contributed by atoms with E-state index in [1.807, 2.05) is 140 Å². The van der Waals surface area contributed by atoms with Crippen molar-refractivity contribution in [2.24, 2.45) is 5.92 Å². The number of esters is 1. The molecule has 0 radical (unpaired) electrons. The van der Waals surface area contributed by atoms with E-state index in [1.54, 1.807) is 18.9 Å². The van der Waals surface area contributed by atoms with Gasteiger partial charge in [-0.15, -0.1) is 0 Å². The lowest BCUT2D eigenvalue weighted by Gasteiger charge is -2.31. The Kier molecular flexibility index (Phi) is 16.5. The lowest BCUT2D eigenvalue weighted by Crippen LogP contribution is -2.55. The molecule has 0 aromatic heterocycles. The Labute approximate surface area is 315 Å². The van der Waals surface area contributed by atoms with Gasteiger partial charge in [-0.3, -0.25) is 4.79 Å². The molecule has 0 aliphatic rings. The quantitative estimate of drug-likeness (QED) is 0.115. The lowest BCUT2D eigenvalue weighted by molar-refractivity contribution is -0.159. The zero-order valence-electron chi connectivity index (χ0n) is 32.4. The van der Waals surface area contributed by atoms with Crippen molar-refractivity contribution in [3.63, 3.8) is 0 Å². The average Bonchev–Trinajstić information content (AvgIpc) is 3.06. The number of hydrogen-bond donors (Lipinski definition) is 3. The van der Waals surface area contributed by atoms with Crippen molar-refractivity contribution in [1.82, 2.24) is 16.0 Å². The van der Waals surface area contributed by atoms with E-state index < -0.39 is 35.3 Å². The molecule has 0 bridgehead atoms. The molecule has 3 N–H and O–H groups in total. The Balaban J connectivity index is 1.95. The van der Waals surface area contributed by atoms with Crippen LogP contribution in [-0.4, -0.2) is 66.2 Å². The van der Waals surface area contributed by atoms with Crippen molar-refractivity contribution in [3.05, 3.63) is 102 Å². The number of amides is 2. The topological polar surface area (TPSA) is 115 Å². The first-order chi connectivity index (χ1) is 24.5. The molecular formula is C42H59N3O6S. The second-order valence-electron chi connectivity index (χ2n) is 15.5. The molecule has 0 aliphatic carbocycles. The molecule has 2 amide bonds. The monoisotopic (exact) mass is 733 g/mol. The van der Waals surface area contributed by atoms with Gasteiger partial charge in [0.25, 0.3) is 0 Å². The molecular weight excluding hydrogens is 675 g/mol. The van der Waals surface area contributed by atoms with Gasteiger partial charge in [-0.25, -0.2) is 9.59 Å². The van der Waals surface area contributed by atoms with E-state index in [1.165, 1.54) is 0 Å². The molecule has 10 heteroatoms. The van der Waals surface area contributed by atoms with Crippen molar-refractivity contribution >= 4 is 29.7 Å². The van der Waals surface area contributed by atoms with Crippen LogP contribution >= 0.6 is 11.8 Å². The highest BCUT2D eigenvalue weighted by molar-refractivity contribution is 7.99. The largest absolute Gasteiger partial charge is 0.497 e. The highest BCUT2D eigenvalue weighted by atomic mass is 32.2. The van der Waals surface area contributed by atoms with Crippen LogP contribution in [0.4, 0.5) is 4.79 Å². The van der Waals surface area contributed by atoms with Gasteiger partial charge in [0.2, 0.25) is 5.91 Å². The summed E-state index contributed by atoms with van der Waals surface area (Å²) in [5.41, 5.74) is 1.76. The highest BCUT2D eigenvalue weighted by Crippen LogP contribution is 2.25. The van der Waals surface area contributed by atoms with Crippen molar-refractivity contribution < 1.29 is 28.6 Å². The summed E-state index contributed by atoms with van der Waals surface area (Å²) in [6.07, 6.45) is 0.884. The van der Waals surface area contributed by atoms with Crippen molar-refractivity contribution in [3.8, 4) is 5.75 Å². The molecule has 0 aliphatic heterocycles. The molecule has 9 nitrogen and oxygen atoms in total. The first-order valence-corrected chi connectivity index (χ1v) is 19.1. The van der Waals surface area contributed by atoms with Gasteiger partial charge in [-0.2, -0.15) is 11.8 Å². The van der Waals surface area contributed by atoms with Gasteiger partial charge in [0, 0.05) is 23.6 Å². The molecule has 0 saturated carbocycles. The molecule has 4 atom stereocenters. The van der Waals surface area contributed by atoms with Crippen molar-refractivity contribution in [2.75, 3.05) is 13.7 Å². The molecule has 0 spiro atoms. The Bertz CT molecular complexity index is 1520. The van der Waals surface area contributed by atoms with E-state index in [0.29, 0.717) is 31.6 Å². The molecule has 3 aromatic carbocycles. The third-order valence-corrected chi connectivity index (χ3v) is 9.38. The summed E-state index contributed by atoms with van der Waals surface area (Å²) in [5.74, 6) is 0.832. The van der Waals surface area contributed by atoms with Crippen LogP contribution in [0.5, 0.6) is 5.75 Å². The SMILES string of the molecule is COc1ccc(CSC(CN[C@@H](Cc2ccccc2)C(=O)N[C@@H](CC(C)C)C(=O)OC(C)(C)C)[C@H](Cc2ccccc2)NC(=O)OC(C)(C)C)cc1. The van der Waals surface area contributed by atoms with Gasteiger partial charge < -0.3 is 30.2 Å². The Hall–Kier alpha value is -4.02. The molecule has 0 saturated heterocycles. The summed E-state index contributed by atoms with van der Waals surface area (Å²) in [7, 11) is 1.64. The van der Waals surface area contributed by atoms with E-state index in [-0.39, 0.29) is 23.1 Å². The van der Waals surface area contributed by atoms with Gasteiger partial charge in [-0.05, 0) is 95.5 Å². The van der Waals surface area contributed by atoms with Gasteiger partial charge in [-0.1, -0.05) is 86.6 Å². The first kappa shape index (κ1) is 42.4. The van der Waals surface area contributed by atoms with Crippen molar-refractivity contribution in [1.29, 1.82) is 0 Å². The molecule has 3 aromatic rings. The molecule has 3 rings (SSSR count). The van der Waals surface area contributed by atoms with Gasteiger partial charge >= 0.3 is 12.1 Å². The highest BCUT2D eigenvalue weighted by Gasteiger charge is 2.32. The zero-order chi connectivity index (χ0) is 38.3. The van der Waals surface area contributed by atoms with Crippen LogP contribution in [0.3, 0.4) is 0 Å². The maximum Gasteiger partial charge on any atom is 0.407 e. The number of alkyl carbamates (subject to hydrolysis) is 1. The fourth-order valence-electron chi connectivity index (χ4n) is 5.54. The summed E-state index contributed by atoms with van der Waals surface area (Å²) < 4.78 is 16.8. The lowest BCUT2D eigenvalue weighted by atomic mass is 10.0. The Morgan fingerprint density at radius 3 is 1.77 bits per heavy atom. The zero-order valence-corrected chi connectivity index (χ0v) is 33.2. The van der Waals surface area contributed by atoms with Crippen LogP contribution in [-0.2, 0) is 37.7 Å². The number of methoxy groups -OCH3 is 1. The summed E-state index contributed by atoms with van der Waals surface area (Å²) >= 11 is 1.69. The van der Waals surface area contributed by atoms with E-state index in [4.69, 9.17) is 14.2 Å². The Morgan fingerprint density at radius 2 is 1.25 bits per heavy atom. The minimum atomic E-state index is -0.799. The average molecular weight is 734 g/mol. The summed E-state index contributed by atoms with van der Waals surface area (Å²) in [6.45, 7) is 15.4. The predicted octanol–water partition coefficient (Wildman–Crippen LogP) is 7.51. The van der Waals surface area contributed by atoms with Gasteiger partial charge in [0.15, 0.2) is 0 Å². The molecule has 284 valence electrons. The number of benzene rings is 3. The third kappa shape index (κ3) is 16.1. The molecule has 0 fully saturated rings. The number of carbonyl (C=O) groups is 3. The summed E-state index contributed by atoms with van der Waals surface area (Å²) in [5, 5.41) is 9.56. The van der Waals surface area contributed by atoms with Gasteiger partial charge in [0.05, 0.1) is 13.2 Å². The number of ether oxygens (including phenoxy) is 3. The fourth-order valence-corrected chi connectivity index (χ4v) is 6.75. The Morgan fingerprint density at radius 1 is 0.692 bits per heavy atom. The normalized spacial score (nSPS) is 14.1. The number of rotatable bonds is 18. The minimum Gasteiger partial charge on any atom is -0.497 e. The summed E-state index contributed by atoms with van der Waals surface area (Å²) in [6, 6.07) is 25.9. The maximum atomic E-state index is 14.2. The van der Waals surface area contributed by atoms with E-state index in [9.17, 15) is 14.4 Å². The number of carbonyl (C=O) groups excluding carboxylic acids is 3. The summed E-state index contributed by atoms with van der Waals surface area (Å²) in [4.78, 5) is 40.7. The van der Waals surface area contributed by atoms with Crippen molar-refractivity contribution in [2.45, 2.75) is 115 Å². The van der Waals surface area contributed by atoms with E-state index in [2.05, 4.69) is 16.0 Å². The number of hydrogen-bond acceptors (Lipinski definition) is 8. The van der Waals surface area contributed by atoms with Crippen LogP contribution in [0, 0.1) is 5.92 Å². The van der Waals surface area contributed by atoms with Gasteiger partial charge in [0.1, 0.15) is 23.0 Å². The van der Waals surface area contributed by atoms with E-state index >= 15 is 0 Å². The van der Waals surface area contributed by atoms with Crippen LogP contribution in [0.25, 0.3) is 0 Å². The fraction of sp³-hybridized carbons (Fsp3) is 0.500.